The highest BCUT2D eigenvalue weighted by Gasteiger charge is 2.27. The SMILES string of the molecule is CCCCC(CC)(CNCCC)Cc1ccc(Br)cc1. The summed E-state index contributed by atoms with van der Waals surface area (Å²) in [5.74, 6) is 0. The first kappa shape index (κ1) is 17.7. The van der Waals surface area contributed by atoms with Crippen molar-refractivity contribution in [1.82, 2.24) is 5.32 Å². The maximum Gasteiger partial charge on any atom is 0.0175 e. The lowest BCUT2D eigenvalue weighted by molar-refractivity contribution is 0.229. The summed E-state index contributed by atoms with van der Waals surface area (Å²) in [5.41, 5.74) is 1.88. The van der Waals surface area contributed by atoms with Crippen LogP contribution in [0.1, 0.15) is 58.4 Å². The van der Waals surface area contributed by atoms with Crippen molar-refractivity contribution in [1.29, 1.82) is 0 Å². The first-order valence-corrected chi connectivity index (χ1v) is 8.90. The summed E-state index contributed by atoms with van der Waals surface area (Å²) in [6, 6.07) is 8.85. The first-order valence-electron chi connectivity index (χ1n) is 8.11. The van der Waals surface area contributed by atoms with Gasteiger partial charge in [-0.1, -0.05) is 61.7 Å². The Morgan fingerprint density at radius 3 is 2.30 bits per heavy atom. The molecule has 2 heteroatoms. The van der Waals surface area contributed by atoms with Gasteiger partial charge in [0, 0.05) is 11.0 Å². The average molecular weight is 340 g/mol. The van der Waals surface area contributed by atoms with Gasteiger partial charge < -0.3 is 5.32 Å². The zero-order valence-electron chi connectivity index (χ0n) is 13.3. The lowest BCUT2D eigenvalue weighted by atomic mass is 9.75. The highest BCUT2D eigenvalue weighted by molar-refractivity contribution is 9.10. The van der Waals surface area contributed by atoms with Crippen LogP contribution in [0.2, 0.25) is 0 Å². The van der Waals surface area contributed by atoms with E-state index >= 15 is 0 Å². The molecule has 1 nitrogen and oxygen atoms in total. The van der Waals surface area contributed by atoms with Crippen molar-refractivity contribution in [3.63, 3.8) is 0 Å². The molecule has 0 saturated carbocycles. The van der Waals surface area contributed by atoms with Crippen LogP contribution >= 0.6 is 15.9 Å². The maximum atomic E-state index is 3.66. The van der Waals surface area contributed by atoms with Gasteiger partial charge in [-0.05, 0) is 55.3 Å². The summed E-state index contributed by atoms with van der Waals surface area (Å²) in [7, 11) is 0. The van der Waals surface area contributed by atoms with Crippen molar-refractivity contribution in [2.75, 3.05) is 13.1 Å². The van der Waals surface area contributed by atoms with Gasteiger partial charge >= 0.3 is 0 Å². The molecule has 0 amide bonds. The minimum absolute atomic E-state index is 0.416. The predicted molar refractivity (Wildman–Crippen MR) is 93.3 cm³/mol. The van der Waals surface area contributed by atoms with Gasteiger partial charge in [-0.15, -0.1) is 0 Å². The van der Waals surface area contributed by atoms with E-state index in [4.69, 9.17) is 0 Å². The van der Waals surface area contributed by atoms with E-state index in [1.54, 1.807) is 0 Å². The van der Waals surface area contributed by atoms with E-state index in [1.165, 1.54) is 48.6 Å². The molecule has 0 aliphatic rings. The molecule has 1 N–H and O–H groups in total. The van der Waals surface area contributed by atoms with Gasteiger partial charge in [0.25, 0.3) is 0 Å². The van der Waals surface area contributed by atoms with Gasteiger partial charge in [-0.3, -0.25) is 0 Å². The molecule has 1 atom stereocenters. The molecule has 1 aromatic carbocycles. The largest absolute Gasteiger partial charge is 0.316 e. The highest BCUT2D eigenvalue weighted by atomic mass is 79.9. The number of rotatable bonds is 10. The van der Waals surface area contributed by atoms with Crippen LogP contribution in [0.15, 0.2) is 28.7 Å². The Kier molecular flexibility index (Phi) is 8.47. The lowest BCUT2D eigenvalue weighted by Gasteiger charge is -2.34. The van der Waals surface area contributed by atoms with Crippen molar-refractivity contribution in [3.8, 4) is 0 Å². The zero-order valence-corrected chi connectivity index (χ0v) is 14.9. The minimum Gasteiger partial charge on any atom is -0.316 e. The Labute approximate surface area is 133 Å². The smallest absolute Gasteiger partial charge is 0.0175 e. The van der Waals surface area contributed by atoms with Crippen molar-refractivity contribution < 1.29 is 0 Å². The van der Waals surface area contributed by atoms with Crippen molar-refractivity contribution in [2.45, 2.75) is 59.3 Å². The third-order valence-corrected chi connectivity index (χ3v) is 4.76. The fourth-order valence-corrected chi connectivity index (χ4v) is 3.05. The van der Waals surface area contributed by atoms with Crippen LogP contribution in [0, 0.1) is 5.41 Å². The van der Waals surface area contributed by atoms with E-state index in [-0.39, 0.29) is 0 Å². The molecule has 0 saturated heterocycles. The molecular formula is C18H30BrN. The molecular weight excluding hydrogens is 310 g/mol. The Balaban J connectivity index is 2.75. The molecule has 0 bridgehead atoms. The van der Waals surface area contributed by atoms with Crippen molar-refractivity contribution in [2.24, 2.45) is 5.41 Å². The van der Waals surface area contributed by atoms with Crippen LogP contribution in [0.3, 0.4) is 0 Å². The van der Waals surface area contributed by atoms with Gasteiger partial charge in [-0.2, -0.15) is 0 Å². The number of unbranched alkanes of at least 4 members (excludes halogenated alkanes) is 1. The van der Waals surface area contributed by atoms with Crippen molar-refractivity contribution in [3.05, 3.63) is 34.3 Å². The summed E-state index contributed by atoms with van der Waals surface area (Å²) in [6.45, 7) is 9.16. The summed E-state index contributed by atoms with van der Waals surface area (Å²) in [6.07, 6.45) is 7.60. The van der Waals surface area contributed by atoms with E-state index in [2.05, 4.69) is 66.3 Å². The fourth-order valence-electron chi connectivity index (χ4n) is 2.78. The molecule has 1 unspecified atom stereocenters. The molecule has 20 heavy (non-hydrogen) atoms. The number of hydrogen-bond acceptors (Lipinski definition) is 1. The third-order valence-electron chi connectivity index (χ3n) is 4.23. The van der Waals surface area contributed by atoms with Gasteiger partial charge in [0.15, 0.2) is 0 Å². The predicted octanol–water partition coefficient (Wildman–Crippen LogP) is 5.58. The van der Waals surface area contributed by atoms with E-state index < -0.39 is 0 Å². The van der Waals surface area contributed by atoms with E-state index in [0.29, 0.717) is 5.41 Å². The highest BCUT2D eigenvalue weighted by Crippen LogP contribution is 2.33. The summed E-state index contributed by atoms with van der Waals surface area (Å²) in [4.78, 5) is 0. The van der Waals surface area contributed by atoms with E-state index in [1.807, 2.05) is 0 Å². The first-order chi connectivity index (χ1) is 9.65. The van der Waals surface area contributed by atoms with Gasteiger partial charge in [-0.25, -0.2) is 0 Å². The Morgan fingerprint density at radius 1 is 1.05 bits per heavy atom. The second-order valence-corrected chi connectivity index (χ2v) is 6.85. The maximum absolute atomic E-state index is 3.66. The molecule has 0 aliphatic carbocycles. The topological polar surface area (TPSA) is 12.0 Å². The lowest BCUT2D eigenvalue weighted by Crippen LogP contribution is -2.36. The standard InChI is InChI=1S/C18H30BrN/c1-4-7-12-18(6-3,15-20-13-5-2)14-16-8-10-17(19)11-9-16/h8-11,20H,4-7,12-15H2,1-3H3. The van der Waals surface area contributed by atoms with E-state index in [0.717, 1.165) is 13.1 Å². The van der Waals surface area contributed by atoms with Crippen LogP contribution in [0.25, 0.3) is 0 Å². The molecule has 0 radical (unpaired) electrons. The molecule has 0 aromatic heterocycles. The quantitative estimate of drug-likeness (QED) is 0.549. The monoisotopic (exact) mass is 339 g/mol. The number of benzene rings is 1. The Hall–Kier alpha value is -0.340. The second-order valence-electron chi connectivity index (χ2n) is 5.94. The summed E-state index contributed by atoms with van der Waals surface area (Å²) in [5, 5.41) is 3.66. The molecule has 0 aliphatic heterocycles. The fraction of sp³-hybridized carbons (Fsp3) is 0.667. The Bertz CT molecular complexity index is 360. The molecule has 0 heterocycles. The van der Waals surface area contributed by atoms with Gasteiger partial charge in [0.05, 0.1) is 0 Å². The summed E-state index contributed by atoms with van der Waals surface area (Å²) >= 11 is 3.52. The van der Waals surface area contributed by atoms with Crippen molar-refractivity contribution >= 4 is 15.9 Å². The van der Waals surface area contributed by atoms with Crippen LogP contribution in [-0.4, -0.2) is 13.1 Å². The average Bonchev–Trinajstić information content (AvgIpc) is 2.47. The third kappa shape index (κ3) is 5.97. The second kappa shape index (κ2) is 9.57. The van der Waals surface area contributed by atoms with E-state index in [9.17, 15) is 0 Å². The molecule has 1 aromatic rings. The van der Waals surface area contributed by atoms with Crippen LogP contribution in [-0.2, 0) is 6.42 Å². The summed E-state index contributed by atoms with van der Waals surface area (Å²) < 4.78 is 1.17. The number of nitrogens with one attached hydrogen (secondary N) is 1. The molecule has 0 fully saturated rings. The zero-order chi connectivity index (χ0) is 14.8. The molecule has 1 rings (SSSR count). The van der Waals surface area contributed by atoms with Crippen LogP contribution in [0.5, 0.6) is 0 Å². The number of hydrogen-bond donors (Lipinski definition) is 1. The van der Waals surface area contributed by atoms with Gasteiger partial charge in [0.1, 0.15) is 0 Å². The van der Waals surface area contributed by atoms with Crippen LogP contribution < -0.4 is 5.32 Å². The molecule has 0 spiro atoms. The van der Waals surface area contributed by atoms with Crippen LogP contribution in [0.4, 0.5) is 0 Å². The molecule has 114 valence electrons. The van der Waals surface area contributed by atoms with Gasteiger partial charge in [0.2, 0.25) is 0 Å². The number of halogens is 1. The normalized spacial score (nSPS) is 14.2. The Morgan fingerprint density at radius 2 is 1.75 bits per heavy atom. The minimum atomic E-state index is 0.416.